The second-order valence-corrected chi connectivity index (χ2v) is 6.71. The van der Waals surface area contributed by atoms with E-state index in [1.54, 1.807) is 11.4 Å². The number of carboxylic acid groups (broad SMARTS) is 1. The number of aromatic carboxylic acids is 1. The molecule has 2 aliphatic rings. The summed E-state index contributed by atoms with van der Waals surface area (Å²) in [5.74, 6) is 0.937. The second kappa shape index (κ2) is 4.80. The van der Waals surface area contributed by atoms with Gasteiger partial charge in [-0.2, -0.15) is 0 Å². The summed E-state index contributed by atoms with van der Waals surface area (Å²) < 4.78 is 6.10. The first kappa shape index (κ1) is 12.9. The van der Waals surface area contributed by atoms with Crippen LogP contribution in [-0.2, 0) is 0 Å². The van der Waals surface area contributed by atoms with Crippen molar-refractivity contribution >= 4 is 17.3 Å². The zero-order valence-electron chi connectivity index (χ0n) is 11.2. The minimum absolute atomic E-state index is 0.140. The van der Waals surface area contributed by atoms with Crippen LogP contribution in [-0.4, -0.2) is 42.2 Å². The fourth-order valence-corrected chi connectivity index (χ4v) is 4.44. The van der Waals surface area contributed by atoms with Crippen LogP contribution in [0.25, 0.3) is 0 Å². The number of ether oxygens (including phenoxy) is 1. The van der Waals surface area contributed by atoms with Crippen LogP contribution in [0.2, 0.25) is 0 Å². The van der Waals surface area contributed by atoms with E-state index < -0.39 is 5.97 Å². The van der Waals surface area contributed by atoms with Crippen molar-refractivity contribution in [2.24, 2.45) is 11.8 Å². The Kier molecular flexibility index (Phi) is 3.27. The number of hydrogen-bond acceptors (Lipinski definition) is 4. The normalized spacial score (nSPS) is 33.0. The van der Waals surface area contributed by atoms with Crippen molar-refractivity contribution in [3.8, 4) is 5.75 Å². The van der Waals surface area contributed by atoms with Gasteiger partial charge < -0.3 is 14.7 Å². The zero-order chi connectivity index (χ0) is 13.6. The lowest BCUT2D eigenvalue weighted by atomic mass is 9.91. The maximum Gasteiger partial charge on any atom is 0.349 e. The molecule has 4 unspecified atom stereocenters. The molecule has 4 atom stereocenters. The molecule has 1 aromatic rings. The summed E-state index contributed by atoms with van der Waals surface area (Å²) in [6.07, 6.45) is 3.86. The summed E-state index contributed by atoms with van der Waals surface area (Å²) in [6.45, 7) is 0. The van der Waals surface area contributed by atoms with Crippen LogP contribution in [0.15, 0.2) is 11.4 Å². The smallest absolute Gasteiger partial charge is 0.349 e. The molecule has 3 rings (SSSR count). The molecule has 0 saturated heterocycles. The number of hydrogen-bond donors (Lipinski definition) is 1. The summed E-state index contributed by atoms with van der Waals surface area (Å²) in [5.41, 5.74) is 0. The van der Waals surface area contributed by atoms with Crippen molar-refractivity contribution in [2.75, 3.05) is 14.1 Å². The number of likely N-dealkylation sites (N-methyl/N-ethyl adjacent to an activating group) is 1. The van der Waals surface area contributed by atoms with Gasteiger partial charge in [0.25, 0.3) is 0 Å². The minimum atomic E-state index is -0.894. The topological polar surface area (TPSA) is 49.8 Å². The second-order valence-electron chi connectivity index (χ2n) is 5.79. The average molecular weight is 281 g/mol. The lowest BCUT2D eigenvalue weighted by Crippen LogP contribution is -2.46. The molecule has 0 radical (unpaired) electrons. The molecule has 0 amide bonds. The Morgan fingerprint density at radius 2 is 2.16 bits per heavy atom. The molecule has 0 spiro atoms. The Morgan fingerprint density at radius 1 is 1.42 bits per heavy atom. The van der Waals surface area contributed by atoms with Gasteiger partial charge in [-0.3, -0.25) is 0 Å². The first-order valence-electron chi connectivity index (χ1n) is 6.72. The van der Waals surface area contributed by atoms with E-state index in [1.165, 1.54) is 30.6 Å². The van der Waals surface area contributed by atoms with Crippen molar-refractivity contribution < 1.29 is 14.6 Å². The number of carbonyl (C=O) groups is 1. The molecule has 104 valence electrons. The highest BCUT2D eigenvalue weighted by molar-refractivity contribution is 7.12. The van der Waals surface area contributed by atoms with Crippen molar-refractivity contribution in [3.05, 3.63) is 16.3 Å². The molecule has 0 aromatic carbocycles. The molecule has 1 heterocycles. The van der Waals surface area contributed by atoms with Gasteiger partial charge in [-0.05, 0) is 56.6 Å². The van der Waals surface area contributed by atoms with Crippen molar-refractivity contribution in [3.63, 3.8) is 0 Å². The van der Waals surface area contributed by atoms with Gasteiger partial charge in [0.05, 0.1) is 0 Å². The maximum absolute atomic E-state index is 11.2. The van der Waals surface area contributed by atoms with Gasteiger partial charge >= 0.3 is 5.97 Å². The standard InChI is InChI=1S/C14H19NO3S/c1-15(2)11-8-3-4-9(7-8)12(11)18-10-5-6-19-13(10)14(16)17/h5-6,8-9,11-12H,3-4,7H2,1-2H3,(H,16,17). The van der Waals surface area contributed by atoms with Crippen LogP contribution in [0.3, 0.4) is 0 Å². The average Bonchev–Trinajstić information content (AvgIpc) is 3.01. The molecule has 5 heteroatoms. The fraction of sp³-hybridized carbons (Fsp3) is 0.643. The third kappa shape index (κ3) is 2.15. The Hall–Kier alpha value is -1.07. The summed E-state index contributed by atoms with van der Waals surface area (Å²) >= 11 is 1.23. The highest BCUT2D eigenvalue weighted by Gasteiger charge is 2.50. The SMILES string of the molecule is CN(C)C1C2CCC(C2)C1Oc1ccsc1C(=O)O. The van der Waals surface area contributed by atoms with Gasteiger partial charge in [0.15, 0.2) is 4.88 Å². The van der Waals surface area contributed by atoms with Gasteiger partial charge in [0.2, 0.25) is 0 Å². The van der Waals surface area contributed by atoms with Gasteiger partial charge in [-0.15, -0.1) is 11.3 Å². The first-order chi connectivity index (χ1) is 9.08. The molecule has 1 aromatic heterocycles. The van der Waals surface area contributed by atoms with Crippen LogP contribution >= 0.6 is 11.3 Å². The van der Waals surface area contributed by atoms with Gasteiger partial charge in [-0.1, -0.05) is 0 Å². The number of nitrogens with zero attached hydrogens (tertiary/aromatic N) is 1. The fourth-order valence-electron chi connectivity index (χ4n) is 3.78. The molecule has 2 saturated carbocycles. The van der Waals surface area contributed by atoms with Crippen molar-refractivity contribution in [1.82, 2.24) is 4.90 Å². The van der Waals surface area contributed by atoms with E-state index in [2.05, 4.69) is 19.0 Å². The van der Waals surface area contributed by atoms with E-state index in [4.69, 9.17) is 9.84 Å². The maximum atomic E-state index is 11.2. The van der Waals surface area contributed by atoms with E-state index in [9.17, 15) is 4.79 Å². The van der Waals surface area contributed by atoms with Crippen LogP contribution in [0.1, 0.15) is 28.9 Å². The van der Waals surface area contributed by atoms with Crippen LogP contribution in [0.5, 0.6) is 5.75 Å². The highest BCUT2D eigenvalue weighted by Crippen LogP contribution is 2.48. The minimum Gasteiger partial charge on any atom is -0.487 e. The highest BCUT2D eigenvalue weighted by atomic mass is 32.1. The predicted molar refractivity (Wildman–Crippen MR) is 74.0 cm³/mol. The zero-order valence-corrected chi connectivity index (χ0v) is 12.0. The Bertz CT molecular complexity index is 485. The summed E-state index contributed by atoms with van der Waals surface area (Å²) in [6, 6.07) is 2.20. The number of carboxylic acids is 1. The Morgan fingerprint density at radius 3 is 2.84 bits per heavy atom. The molecule has 1 N–H and O–H groups in total. The molecular weight excluding hydrogens is 262 g/mol. The molecule has 19 heavy (non-hydrogen) atoms. The Balaban J connectivity index is 1.82. The molecule has 2 fully saturated rings. The molecule has 4 nitrogen and oxygen atoms in total. The predicted octanol–water partition coefficient (Wildman–Crippen LogP) is 2.55. The van der Waals surface area contributed by atoms with Crippen molar-refractivity contribution in [2.45, 2.75) is 31.4 Å². The number of rotatable bonds is 4. The number of thiophene rings is 1. The third-order valence-electron chi connectivity index (χ3n) is 4.48. The van der Waals surface area contributed by atoms with Gasteiger partial charge in [0, 0.05) is 6.04 Å². The third-order valence-corrected chi connectivity index (χ3v) is 5.36. The lowest BCUT2D eigenvalue weighted by Gasteiger charge is -2.35. The summed E-state index contributed by atoms with van der Waals surface area (Å²) in [5, 5.41) is 10.9. The van der Waals surface area contributed by atoms with Crippen LogP contribution in [0.4, 0.5) is 0 Å². The lowest BCUT2D eigenvalue weighted by molar-refractivity contribution is 0.0512. The van der Waals surface area contributed by atoms with Crippen LogP contribution in [0, 0.1) is 11.8 Å². The quantitative estimate of drug-likeness (QED) is 0.921. The largest absolute Gasteiger partial charge is 0.487 e. The van der Waals surface area contributed by atoms with E-state index in [-0.39, 0.29) is 6.10 Å². The summed E-state index contributed by atoms with van der Waals surface area (Å²) in [7, 11) is 4.18. The van der Waals surface area contributed by atoms with Crippen LogP contribution < -0.4 is 4.74 Å². The summed E-state index contributed by atoms with van der Waals surface area (Å²) in [4.78, 5) is 13.7. The van der Waals surface area contributed by atoms with Gasteiger partial charge in [0.1, 0.15) is 11.9 Å². The Labute approximate surface area is 117 Å². The number of fused-ring (bicyclic) bond motifs is 2. The molecule has 2 aliphatic carbocycles. The molecule has 0 aliphatic heterocycles. The molecular formula is C14H19NO3S. The molecule has 2 bridgehead atoms. The van der Waals surface area contributed by atoms with E-state index in [1.807, 2.05) is 0 Å². The van der Waals surface area contributed by atoms with E-state index in [0.717, 1.165) is 0 Å². The van der Waals surface area contributed by atoms with Gasteiger partial charge in [-0.25, -0.2) is 4.79 Å². The first-order valence-corrected chi connectivity index (χ1v) is 7.59. The van der Waals surface area contributed by atoms with E-state index >= 15 is 0 Å². The monoisotopic (exact) mass is 281 g/mol. The van der Waals surface area contributed by atoms with Crippen molar-refractivity contribution in [1.29, 1.82) is 0 Å². The van der Waals surface area contributed by atoms with E-state index in [0.29, 0.717) is 28.5 Å².